The third kappa shape index (κ3) is 4.17. The summed E-state index contributed by atoms with van der Waals surface area (Å²) >= 11 is 2.13. The van der Waals surface area contributed by atoms with Gasteiger partial charge in [-0.15, -0.1) is 0 Å². The number of hydrogen-bond donors (Lipinski definition) is 2. The van der Waals surface area contributed by atoms with Crippen molar-refractivity contribution in [1.82, 2.24) is 0 Å². The van der Waals surface area contributed by atoms with Crippen LogP contribution >= 0.6 is 22.6 Å². The van der Waals surface area contributed by atoms with Gasteiger partial charge >= 0.3 is 0 Å². The Morgan fingerprint density at radius 1 is 1.50 bits per heavy atom. The van der Waals surface area contributed by atoms with E-state index in [1.165, 1.54) is 16.0 Å². The first-order chi connectivity index (χ1) is 8.47. The van der Waals surface area contributed by atoms with Crippen LogP contribution in [0.2, 0.25) is 0 Å². The maximum atomic E-state index is 9.81. The molecule has 100 valence electrons. The molecule has 1 unspecified atom stereocenters. The molecule has 1 aromatic carbocycles. The third-order valence-corrected chi connectivity index (χ3v) is 3.64. The minimum atomic E-state index is 0.222. The van der Waals surface area contributed by atoms with Crippen LogP contribution in [0.5, 0.6) is 11.5 Å². The predicted molar refractivity (Wildman–Crippen MR) is 82.3 cm³/mol. The summed E-state index contributed by atoms with van der Waals surface area (Å²) in [6, 6.07) is 3.91. The smallest absolute Gasteiger partial charge is 0.171 e. The molecule has 1 aromatic rings. The van der Waals surface area contributed by atoms with E-state index in [1.54, 1.807) is 7.11 Å². The van der Waals surface area contributed by atoms with Crippen molar-refractivity contribution in [1.29, 1.82) is 0 Å². The lowest BCUT2D eigenvalue weighted by molar-refractivity contribution is -0.907. The van der Waals surface area contributed by atoms with Gasteiger partial charge in [0.25, 0.3) is 0 Å². The van der Waals surface area contributed by atoms with Gasteiger partial charge in [-0.3, -0.25) is 0 Å². The van der Waals surface area contributed by atoms with E-state index in [9.17, 15) is 5.11 Å². The largest absolute Gasteiger partial charge is 0.504 e. The van der Waals surface area contributed by atoms with Gasteiger partial charge < -0.3 is 14.7 Å². The van der Waals surface area contributed by atoms with Gasteiger partial charge in [0, 0.05) is 5.56 Å². The number of quaternary nitrogens is 1. The normalized spacial score (nSPS) is 12.2. The number of hydrogen-bond acceptors (Lipinski definition) is 2. The Labute approximate surface area is 123 Å². The van der Waals surface area contributed by atoms with E-state index in [2.05, 4.69) is 43.0 Å². The number of methoxy groups -OCH3 is 1. The van der Waals surface area contributed by atoms with Gasteiger partial charge in [0.05, 0.1) is 23.8 Å². The van der Waals surface area contributed by atoms with Crippen molar-refractivity contribution in [2.24, 2.45) is 0 Å². The molecule has 0 saturated heterocycles. The molecule has 3 nitrogen and oxygen atoms in total. The van der Waals surface area contributed by atoms with Gasteiger partial charge in [-0.2, -0.15) is 0 Å². The molecule has 1 rings (SSSR count). The SMILES string of the molecule is C=C(C)C[NH+](CC)Cc1cc(I)c(O)c(OC)c1. The summed E-state index contributed by atoms with van der Waals surface area (Å²) in [4.78, 5) is 1.45. The van der Waals surface area contributed by atoms with Gasteiger partial charge in [0.2, 0.25) is 0 Å². The van der Waals surface area contributed by atoms with E-state index in [-0.39, 0.29) is 5.75 Å². The number of rotatable bonds is 6. The van der Waals surface area contributed by atoms with Crippen LogP contribution in [0.4, 0.5) is 0 Å². The molecule has 18 heavy (non-hydrogen) atoms. The molecular formula is C14H21INO2+. The van der Waals surface area contributed by atoms with Crippen molar-refractivity contribution in [3.8, 4) is 11.5 Å². The molecule has 0 heterocycles. The van der Waals surface area contributed by atoms with Crippen LogP contribution in [-0.4, -0.2) is 25.3 Å². The first kappa shape index (κ1) is 15.3. The molecule has 0 radical (unpaired) electrons. The minimum Gasteiger partial charge on any atom is -0.504 e. The monoisotopic (exact) mass is 362 g/mol. The lowest BCUT2D eigenvalue weighted by Crippen LogP contribution is -3.10. The highest BCUT2D eigenvalue weighted by Crippen LogP contribution is 2.32. The number of aromatic hydroxyl groups is 1. The van der Waals surface area contributed by atoms with E-state index in [1.807, 2.05) is 12.1 Å². The Hall–Kier alpha value is -0.750. The fourth-order valence-corrected chi connectivity index (χ4v) is 2.58. The second-order valence-corrected chi connectivity index (χ2v) is 5.70. The number of phenolic OH excluding ortho intramolecular Hbond substituents is 1. The van der Waals surface area contributed by atoms with Gasteiger partial charge in [-0.05, 0) is 54.1 Å². The Balaban J connectivity index is 2.89. The molecule has 0 spiro atoms. The molecule has 0 aliphatic rings. The fourth-order valence-electron chi connectivity index (χ4n) is 1.91. The maximum absolute atomic E-state index is 9.81. The van der Waals surface area contributed by atoms with Crippen LogP contribution in [0.3, 0.4) is 0 Å². The maximum Gasteiger partial charge on any atom is 0.171 e. The third-order valence-electron chi connectivity index (χ3n) is 2.81. The lowest BCUT2D eigenvalue weighted by Gasteiger charge is -2.18. The molecule has 1 atom stereocenters. The van der Waals surface area contributed by atoms with Gasteiger partial charge in [0.15, 0.2) is 11.5 Å². The number of likely N-dealkylation sites (N-methyl/N-ethyl adjacent to an activating group) is 1. The predicted octanol–water partition coefficient (Wildman–Crippen LogP) is 1.99. The Bertz CT molecular complexity index is 432. The highest BCUT2D eigenvalue weighted by atomic mass is 127. The number of nitrogens with one attached hydrogen (secondary N) is 1. The van der Waals surface area contributed by atoms with Crippen LogP contribution in [0.15, 0.2) is 24.3 Å². The second kappa shape index (κ2) is 6.99. The first-order valence-electron chi connectivity index (χ1n) is 6.01. The molecule has 0 bridgehead atoms. The first-order valence-corrected chi connectivity index (χ1v) is 7.09. The molecule has 0 aromatic heterocycles. The van der Waals surface area contributed by atoms with Crippen molar-refractivity contribution in [3.05, 3.63) is 33.4 Å². The van der Waals surface area contributed by atoms with Crippen LogP contribution in [0.1, 0.15) is 19.4 Å². The standard InChI is InChI=1S/C14H20INO2/c1-5-16(8-10(2)3)9-11-6-12(15)14(17)13(7-11)18-4/h6-7,17H,2,5,8-9H2,1,3-4H3/p+1. The van der Waals surface area contributed by atoms with Crippen LogP contribution in [0.25, 0.3) is 0 Å². The summed E-state index contributed by atoms with van der Waals surface area (Å²) in [6.07, 6.45) is 0. The van der Waals surface area contributed by atoms with Crippen molar-refractivity contribution >= 4 is 22.6 Å². The zero-order chi connectivity index (χ0) is 13.7. The van der Waals surface area contributed by atoms with E-state index in [4.69, 9.17) is 4.74 Å². The highest BCUT2D eigenvalue weighted by Gasteiger charge is 2.13. The van der Waals surface area contributed by atoms with Crippen molar-refractivity contribution in [2.75, 3.05) is 20.2 Å². The van der Waals surface area contributed by atoms with E-state index in [0.29, 0.717) is 5.75 Å². The summed E-state index contributed by atoms with van der Waals surface area (Å²) in [7, 11) is 1.58. The Morgan fingerprint density at radius 2 is 2.17 bits per heavy atom. The average molecular weight is 362 g/mol. The molecular weight excluding hydrogens is 341 g/mol. The van der Waals surface area contributed by atoms with E-state index >= 15 is 0 Å². The quantitative estimate of drug-likeness (QED) is 0.600. The summed E-state index contributed by atoms with van der Waals surface area (Å²) in [5.74, 6) is 0.766. The van der Waals surface area contributed by atoms with Crippen LogP contribution < -0.4 is 9.64 Å². The van der Waals surface area contributed by atoms with Gasteiger partial charge in [0.1, 0.15) is 6.54 Å². The molecule has 0 aliphatic heterocycles. The topological polar surface area (TPSA) is 33.9 Å². The summed E-state index contributed by atoms with van der Waals surface area (Å²) in [5, 5.41) is 9.81. The molecule has 4 heteroatoms. The van der Waals surface area contributed by atoms with Crippen LogP contribution in [0, 0.1) is 3.57 Å². The Morgan fingerprint density at radius 3 is 2.67 bits per heavy atom. The van der Waals surface area contributed by atoms with Gasteiger partial charge in [-0.25, -0.2) is 0 Å². The lowest BCUT2D eigenvalue weighted by atomic mass is 10.1. The molecule has 2 N–H and O–H groups in total. The van der Waals surface area contributed by atoms with Crippen molar-refractivity contribution in [2.45, 2.75) is 20.4 Å². The molecule has 0 saturated carbocycles. The zero-order valence-electron chi connectivity index (χ0n) is 11.2. The second-order valence-electron chi connectivity index (χ2n) is 4.54. The molecule has 0 aliphatic carbocycles. The number of benzene rings is 1. The highest BCUT2D eigenvalue weighted by molar-refractivity contribution is 14.1. The number of halogens is 1. The minimum absolute atomic E-state index is 0.222. The van der Waals surface area contributed by atoms with Gasteiger partial charge in [-0.1, -0.05) is 6.58 Å². The van der Waals surface area contributed by atoms with Crippen molar-refractivity contribution < 1.29 is 14.7 Å². The average Bonchev–Trinajstić information content (AvgIpc) is 2.32. The van der Waals surface area contributed by atoms with Crippen molar-refractivity contribution in [3.63, 3.8) is 0 Å². The Kier molecular flexibility index (Phi) is 5.95. The number of phenols is 1. The zero-order valence-corrected chi connectivity index (χ0v) is 13.4. The molecule has 0 amide bonds. The number of ether oxygens (including phenoxy) is 1. The van der Waals surface area contributed by atoms with E-state index < -0.39 is 0 Å². The molecule has 0 fully saturated rings. The van der Waals surface area contributed by atoms with E-state index in [0.717, 1.165) is 23.2 Å². The summed E-state index contributed by atoms with van der Waals surface area (Å²) in [5.41, 5.74) is 2.36. The summed E-state index contributed by atoms with van der Waals surface area (Å²) < 4.78 is 6.01. The fraction of sp³-hybridized carbons (Fsp3) is 0.429. The van der Waals surface area contributed by atoms with Crippen LogP contribution in [-0.2, 0) is 6.54 Å². The summed E-state index contributed by atoms with van der Waals surface area (Å²) in [6.45, 7) is 11.1.